The van der Waals surface area contributed by atoms with E-state index >= 15 is 0 Å². The standard InChI is InChI=1S/C10H20ClNO/c1-5-9(4)10(13)12(7-6-11)8(2)3/h8-9H,5-7H2,1-4H3. The van der Waals surface area contributed by atoms with Crippen molar-refractivity contribution in [1.82, 2.24) is 4.90 Å². The van der Waals surface area contributed by atoms with Crippen LogP contribution in [0.3, 0.4) is 0 Å². The van der Waals surface area contributed by atoms with Gasteiger partial charge >= 0.3 is 0 Å². The molecule has 0 fully saturated rings. The molecule has 0 aliphatic heterocycles. The van der Waals surface area contributed by atoms with Crippen molar-refractivity contribution >= 4 is 17.5 Å². The Hall–Kier alpha value is -0.240. The highest BCUT2D eigenvalue weighted by atomic mass is 35.5. The first-order valence-corrected chi connectivity index (χ1v) is 5.44. The molecule has 0 saturated heterocycles. The first-order valence-electron chi connectivity index (χ1n) is 4.91. The van der Waals surface area contributed by atoms with E-state index in [0.717, 1.165) is 6.42 Å². The maximum Gasteiger partial charge on any atom is 0.225 e. The van der Waals surface area contributed by atoms with Crippen molar-refractivity contribution in [3.8, 4) is 0 Å². The molecule has 0 radical (unpaired) electrons. The summed E-state index contributed by atoms with van der Waals surface area (Å²) in [5, 5.41) is 0. The predicted octanol–water partition coefficient (Wildman–Crippen LogP) is 2.51. The van der Waals surface area contributed by atoms with Gasteiger partial charge in [-0.25, -0.2) is 0 Å². The summed E-state index contributed by atoms with van der Waals surface area (Å²) in [7, 11) is 0. The molecule has 13 heavy (non-hydrogen) atoms. The maximum atomic E-state index is 11.8. The molecule has 78 valence electrons. The zero-order valence-corrected chi connectivity index (χ0v) is 9.77. The summed E-state index contributed by atoms with van der Waals surface area (Å²) in [4.78, 5) is 13.6. The van der Waals surface area contributed by atoms with E-state index in [0.29, 0.717) is 12.4 Å². The highest BCUT2D eigenvalue weighted by Gasteiger charge is 2.20. The van der Waals surface area contributed by atoms with Crippen molar-refractivity contribution < 1.29 is 4.79 Å². The number of carbonyl (C=O) groups excluding carboxylic acids is 1. The zero-order chi connectivity index (χ0) is 10.4. The fraction of sp³-hybridized carbons (Fsp3) is 0.900. The van der Waals surface area contributed by atoms with Gasteiger partial charge in [0.1, 0.15) is 0 Å². The Kier molecular flexibility index (Phi) is 6.13. The lowest BCUT2D eigenvalue weighted by Crippen LogP contribution is -2.41. The Morgan fingerprint density at radius 2 is 1.92 bits per heavy atom. The van der Waals surface area contributed by atoms with Gasteiger partial charge in [0, 0.05) is 24.4 Å². The van der Waals surface area contributed by atoms with Crippen LogP contribution < -0.4 is 0 Å². The first-order chi connectivity index (χ1) is 6.04. The van der Waals surface area contributed by atoms with Crippen LogP contribution in [-0.4, -0.2) is 29.3 Å². The molecule has 1 amide bonds. The molecule has 1 unspecified atom stereocenters. The molecule has 0 aromatic rings. The molecule has 0 saturated carbocycles. The van der Waals surface area contributed by atoms with E-state index in [4.69, 9.17) is 11.6 Å². The van der Waals surface area contributed by atoms with Crippen LogP contribution in [0.4, 0.5) is 0 Å². The minimum absolute atomic E-state index is 0.116. The van der Waals surface area contributed by atoms with E-state index in [-0.39, 0.29) is 17.9 Å². The number of halogens is 1. The van der Waals surface area contributed by atoms with Gasteiger partial charge < -0.3 is 4.90 Å². The summed E-state index contributed by atoms with van der Waals surface area (Å²) >= 11 is 5.64. The van der Waals surface area contributed by atoms with E-state index in [1.807, 2.05) is 32.6 Å². The first kappa shape index (κ1) is 12.8. The average molecular weight is 206 g/mol. The normalized spacial score (nSPS) is 13.1. The van der Waals surface area contributed by atoms with Crippen LogP contribution in [-0.2, 0) is 4.79 Å². The third kappa shape index (κ3) is 3.99. The van der Waals surface area contributed by atoms with Crippen LogP contribution >= 0.6 is 11.6 Å². The highest BCUT2D eigenvalue weighted by Crippen LogP contribution is 2.09. The van der Waals surface area contributed by atoms with E-state index in [1.54, 1.807) is 0 Å². The Morgan fingerprint density at radius 1 is 1.38 bits per heavy atom. The average Bonchev–Trinajstić information content (AvgIpc) is 2.11. The lowest BCUT2D eigenvalue weighted by atomic mass is 10.1. The van der Waals surface area contributed by atoms with Crippen molar-refractivity contribution in [2.24, 2.45) is 5.92 Å². The molecule has 0 aromatic heterocycles. The van der Waals surface area contributed by atoms with Gasteiger partial charge in [-0.05, 0) is 20.3 Å². The fourth-order valence-corrected chi connectivity index (χ4v) is 1.35. The number of hydrogen-bond acceptors (Lipinski definition) is 1. The smallest absolute Gasteiger partial charge is 0.225 e. The summed E-state index contributed by atoms with van der Waals surface area (Å²) in [6.07, 6.45) is 0.893. The summed E-state index contributed by atoms with van der Waals surface area (Å²) in [5.74, 6) is 0.851. The Labute approximate surface area is 86.2 Å². The summed E-state index contributed by atoms with van der Waals surface area (Å²) in [5.41, 5.74) is 0. The minimum atomic E-state index is 0.116. The number of nitrogens with zero attached hydrogens (tertiary/aromatic N) is 1. The third-order valence-corrected chi connectivity index (χ3v) is 2.43. The number of carbonyl (C=O) groups is 1. The molecule has 0 spiro atoms. The van der Waals surface area contributed by atoms with Crippen molar-refractivity contribution in [2.45, 2.75) is 40.2 Å². The topological polar surface area (TPSA) is 20.3 Å². The van der Waals surface area contributed by atoms with Gasteiger partial charge in [0.15, 0.2) is 0 Å². The molecule has 1 atom stereocenters. The Balaban J connectivity index is 4.27. The molecule has 0 aliphatic carbocycles. The minimum Gasteiger partial charge on any atom is -0.339 e. The summed E-state index contributed by atoms with van der Waals surface area (Å²) < 4.78 is 0. The lowest BCUT2D eigenvalue weighted by Gasteiger charge is -2.28. The SMILES string of the molecule is CCC(C)C(=O)N(CCCl)C(C)C. The molecule has 0 N–H and O–H groups in total. The van der Waals surface area contributed by atoms with Crippen molar-refractivity contribution in [1.29, 1.82) is 0 Å². The van der Waals surface area contributed by atoms with Gasteiger partial charge in [-0.1, -0.05) is 13.8 Å². The second-order valence-electron chi connectivity index (χ2n) is 3.62. The van der Waals surface area contributed by atoms with Crippen molar-refractivity contribution in [3.63, 3.8) is 0 Å². The molecule has 0 bridgehead atoms. The Morgan fingerprint density at radius 3 is 2.23 bits per heavy atom. The van der Waals surface area contributed by atoms with Crippen LogP contribution in [0.1, 0.15) is 34.1 Å². The van der Waals surface area contributed by atoms with Crippen molar-refractivity contribution in [2.75, 3.05) is 12.4 Å². The number of amides is 1. The molecule has 0 rings (SSSR count). The van der Waals surface area contributed by atoms with Crippen LogP contribution in [0.15, 0.2) is 0 Å². The van der Waals surface area contributed by atoms with Gasteiger partial charge in [0.05, 0.1) is 0 Å². The van der Waals surface area contributed by atoms with Gasteiger partial charge in [-0.15, -0.1) is 11.6 Å². The maximum absolute atomic E-state index is 11.8. The predicted molar refractivity (Wildman–Crippen MR) is 57.0 cm³/mol. The summed E-state index contributed by atoms with van der Waals surface area (Å²) in [6, 6.07) is 0.250. The van der Waals surface area contributed by atoms with Crippen LogP contribution in [0.2, 0.25) is 0 Å². The number of hydrogen-bond donors (Lipinski definition) is 0. The van der Waals surface area contributed by atoms with E-state index in [1.165, 1.54) is 0 Å². The van der Waals surface area contributed by atoms with E-state index < -0.39 is 0 Å². The van der Waals surface area contributed by atoms with E-state index in [9.17, 15) is 4.79 Å². The highest BCUT2D eigenvalue weighted by molar-refractivity contribution is 6.18. The fourth-order valence-electron chi connectivity index (χ4n) is 1.17. The number of rotatable bonds is 5. The quantitative estimate of drug-likeness (QED) is 0.632. The number of alkyl halides is 1. The second-order valence-corrected chi connectivity index (χ2v) is 4.00. The van der Waals surface area contributed by atoms with Crippen LogP contribution in [0.5, 0.6) is 0 Å². The molecule has 0 aliphatic rings. The zero-order valence-electron chi connectivity index (χ0n) is 9.01. The van der Waals surface area contributed by atoms with Crippen LogP contribution in [0.25, 0.3) is 0 Å². The molecular weight excluding hydrogens is 186 g/mol. The lowest BCUT2D eigenvalue weighted by molar-refractivity contribution is -0.136. The molecular formula is C10H20ClNO. The molecule has 3 heteroatoms. The second kappa shape index (κ2) is 6.25. The van der Waals surface area contributed by atoms with Gasteiger partial charge in [-0.3, -0.25) is 4.79 Å². The van der Waals surface area contributed by atoms with Gasteiger partial charge in [0.25, 0.3) is 0 Å². The molecule has 2 nitrogen and oxygen atoms in total. The van der Waals surface area contributed by atoms with E-state index in [2.05, 4.69) is 0 Å². The summed E-state index contributed by atoms with van der Waals surface area (Å²) in [6.45, 7) is 8.69. The van der Waals surface area contributed by atoms with Crippen LogP contribution in [0, 0.1) is 5.92 Å². The third-order valence-electron chi connectivity index (χ3n) is 2.27. The van der Waals surface area contributed by atoms with Gasteiger partial charge in [-0.2, -0.15) is 0 Å². The monoisotopic (exact) mass is 205 g/mol. The van der Waals surface area contributed by atoms with Crippen molar-refractivity contribution in [3.05, 3.63) is 0 Å². The molecule has 0 heterocycles. The molecule has 0 aromatic carbocycles. The Bertz CT molecular complexity index is 159. The largest absolute Gasteiger partial charge is 0.339 e. The van der Waals surface area contributed by atoms with Gasteiger partial charge in [0.2, 0.25) is 5.91 Å².